The maximum Gasteiger partial charge on any atom is 0.347 e. The SMILES string of the molecule is C[C@@H](Oc1ccccc1)C(=O)OCC(=O)Nc1ccc(N2CCOCC2)cc1. The molecule has 7 nitrogen and oxygen atoms in total. The van der Waals surface area contributed by atoms with Crippen molar-refractivity contribution < 1.29 is 23.8 Å². The summed E-state index contributed by atoms with van der Waals surface area (Å²) in [5.74, 6) is -0.433. The Hall–Kier alpha value is -3.06. The van der Waals surface area contributed by atoms with Gasteiger partial charge in [-0.3, -0.25) is 4.79 Å². The number of carbonyl (C=O) groups excluding carboxylic acids is 2. The number of benzene rings is 2. The van der Waals surface area contributed by atoms with E-state index in [0.717, 1.165) is 32.0 Å². The molecule has 1 N–H and O–H groups in total. The van der Waals surface area contributed by atoms with Crippen molar-refractivity contribution in [2.45, 2.75) is 13.0 Å². The number of nitrogens with zero attached hydrogens (tertiary/aromatic N) is 1. The summed E-state index contributed by atoms with van der Waals surface area (Å²) in [6.45, 7) is 4.35. The summed E-state index contributed by atoms with van der Waals surface area (Å²) in [6.07, 6.45) is -0.803. The smallest absolute Gasteiger partial charge is 0.347 e. The largest absolute Gasteiger partial charge is 0.479 e. The normalized spacial score (nSPS) is 14.8. The van der Waals surface area contributed by atoms with Crippen molar-refractivity contribution >= 4 is 23.3 Å². The molecule has 2 aromatic carbocycles. The first-order valence-electron chi connectivity index (χ1n) is 9.23. The monoisotopic (exact) mass is 384 g/mol. The van der Waals surface area contributed by atoms with Crippen LogP contribution >= 0.6 is 0 Å². The summed E-state index contributed by atoms with van der Waals surface area (Å²) in [6, 6.07) is 16.5. The molecule has 1 heterocycles. The van der Waals surface area contributed by atoms with Gasteiger partial charge in [-0.15, -0.1) is 0 Å². The third kappa shape index (κ3) is 5.72. The van der Waals surface area contributed by atoms with Crippen LogP contribution in [-0.2, 0) is 19.1 Å². The van der Waals surface area contributed by atoms with Crippen LogP contribution in [0.3, 0.4) is 0 Å². The number of nitrogens with one attached hydrogen (secondary N) is 1. The zero-order chi connectivity index (χ0) is 19.8. The Morgan fingerprint density at radius 1 is 1.07 bits per heavy atom. The lowest BCUT2D eigenvalue weighted by molar-refractivity contribution is -0.153. The van der Waals surface area contributed by atoms with Gasteiger partial charge in [0.2, 0.25) is 0 Å². The molecule has 1 fully saturated rings. The van der Waals surface area contributed by atoms with Gasteiger partial charge in [0, 0.05) is 24.5 Å². The van der Waals surface area contributed by atoms with Crippen LogP contribution in [0.15, 0.2) is 54.6 Å². The Morgan fingerprint density at radius 3 is 2.43 bits per heavy atom. The predicted octanol–water partition coefficient (Wildman–Crippen LogP) is 2.47. The van der Waals surface area contributed by atoms with E-state index in [1.165, 1.54) is 0 Å². The second-order valence-electron chi connectivity index (χ2n) is 6.38. The third-order valence-corrected chi connectivity index (χ3v) is 4.26. The predicted molar refractivity (Wildman–Crippen MR) is 106 cm³/mol. The minimum atomic E-state index is -0.803. The highest BCUT2D eigenvalue weighted by atomic mass is 16.6. The second-order valence-corrected chi connectivity index (χ2v) is 6.38. The van der Waals surface area contributed by atoms with Crippen LogP contribution in [0.4, 0.5) is 11.4 Å². The summed E-state index contributed by atoms with van der Waals surface area (Å²) < 4.78 is 15.9. The van der Waals surface area contributed by atoms with Gasteiger partial charge in [-0.1, -0.05) is 18.2 Å². The first kappa shape index (κ1) is 19.7. The standard InChI is InChI=1S/C21H24N2O5/c1-16(28-19-5-3-2-4-6-19)21(25)27-15-20(24)22-17-7-9-18(10-8-17)23-11-13-26-14-12-23/h2-10,16H,11-15H2,1H3,(H,22,24)/t16-/m1/s1. The summed E-state index contributed by atoms with van der Waals surface area (Å²) >= 11 is 0. The molecule has 0 saturated carbocycles. The average Bonchev–Trinajstić information content (AvgIpc) is 2.74. The van der Waals surface area contributed by atoms with Gasteiger partial charge in [0.1, 0.15) is 5.75 Å². The Balaban J connectivity index is 1.42. The number of amides is 1. The van der Waals surface area contributed by atoms with Gasteiger partial charge in [-0.2, -0.15) is 0 Å². The highest BCUT2D eigenvalue weighted by Gasteiger charge is 2.18. The van der Waals surface area contributed by atoms with Gasteiger partial charge in [0.15, 0.2) is 12.7 Å². The molecule has 0 aromatic heterocycles. The Labute approximate surface area is 164 Å². The van der Waals surface area contributed by atoms with E-state index in [1.807, 2.05) is 42.5 Å². The van der Waals surface area contributed by atoms with E-state index in [-0.39, 0.29) is 6.61 Å². The van der Waals surface area contributed by atoms with Crippen molar-refractivity contribution in [3.8, 4) is 5.75 Å². The highest BCUT2D eigenvalue weighted by molar-refractivity contribution is 5.93. The van der Waals surface area contributed by atoms with E-state index in [9.17, 15) is 9.59 Å². The van der Waals surface area contributed by atoms with Crippen molar-refractivity contribution in [1.29, 1.82) is 0 Å². The topological polar surface area (TPSA) is 77.1 Å². The lowest BCUT2D eigenvalue weighted by Crippen LogP contribution is -2.36. The minimum absolute atomic E-state index is 0.369. The van der Waals surface area contributed by atoms with E-state index in [2.05, 4.69) is 10.2 Å². The van der Waals surface area contributed by atoms with Crippen molar-refractivity contribution in [2.24, 2.45) is 0 Å². The number of carbonyl (C=O) groups is 2. The summed E-state index contributed by atoms with van der Waals surface area (Å²) in [4.78, 5) is 26.2. The molecule has 1 atom stereocenters. The molecule has 1 saturated heterocycles. The fourth-order valence-corrected chi connectivity index (χ4v) is 2.78. The zero-order valence-corrected chi connectivity index (χ0v) is 15.8. The van der Waals surface area contributed by atoms with Crippen molar-refractivity contribution in [3.05, 3.63) is 54.6 Å². The summed E-state index contributed by atoms with van der Waals surface area (Å²) in [5.41, 5.74) is 1.73. The van der Waals surface area contributed by atoms with Gasteiger partial charge < -0.3 is 24.4 Å². The first-order valence-corrected chi connectivity index (χ1v) is 9.23. The van der Waals surface area contributed by atoms with E-state index in [4.69, 9.17) is 14.2 Å². The maximum absolute atomic E-state index is 12.0. The van der Waals surface area contributed by atoms with Crippen LogP contribution in [0.25, 0.3) is 0 Å². The lowest BCUT2D eigenvalue weighted by Gasteiger charge is -2.28. The molecular formula is C21H24N2O5. The lowest BCUT2D eigenvalue weighted by atomic mass is 10.2. The number of esters is 1. The van der Waals surface area contributed by atoms with Gasteiger partial charge in [0.25, 0.3) is 5.91 Å². The fraction of sp³-hybridized carbons (Fsp3) is 0.333. The second kappa shape index (κ2) is 9.75. The van der Waals surface area contributed by atoms with Crippen molar-refractivity contribution in [3.63, 3.8) is 0 Å². The number of ether oxygens (including phenoxy) is 3. The summed E-state index contributed by atoms with van der Waals surface area (Å²) in [5, 5.41) is 2.72. The molecule has 7 heteroatoms. The van der Waals surface area contributed by atoms with Crippen molar-refractivity contribution in [2.75, 3.05) is 43.1 Å². The molecule has 0 aliphatic carbocycles. The molecule has 2 aromatic rings. The molecule has 148 valence electrons. The van der Waals surface area contributed by atoms with Gasteiger partial charge in [0.05, 0.1) is 13.2 Å². The molecule has 1 amide bonds. The number of hydrogen-bond acceptors (Lipinski definition) is 6. The number of para-hydroxylation sites is 1. The van der Waals surface area contributed by atoms with Crippen LogP contribution in [0.1, 0.15) is 6.92 Å². The molecule has 0 bridgehead atoms. The number of rotatable bonds is 7. The van der Waals surface area contributed by atoms with E-state index >= 15 is 0 Å². The van der Waals surface area contributed by atoms with Crippen LogP contribution < -0.4 is 15.0 Å². The van der Waals surface area contributed by atoms with E-state index < -0.39 is 18.0 Å². The van der Waals surface area contributed by atoms with Crippen LogP contribution in [0.2, 0.25) is 0 Å². The average molecular weight is 384 g/mol. The molecule has 0 unspecified atom stereocenters. The number of anilines is 2. The summed E-state index contributed by atoms with van der Waals surface area (Å²) in [7, 11) is 0. The molecule has 3 rings (SSSR count). The molecule has 28 heavy (non-hydrogen) atoms. The Morgan fingerprint density at radius 2 is 1.75 bits per heavy atom. The van der Waals surface area contributed by atoms with E-state index in [0.29, 0.717) is 11.4 Å². The molecular weight excluding hydrogens is 360 g/mol. The quantitative estimate of drug-likeness (QED) is 0.739. The molecule has 0 radical (unpaired) electrons. The zero-order valence-electron chi connectivity index (χ0n) is 15.8. The van der Waals surface area contributed by atoms with Crippen LogP contribution in [-0.4, -0.2) is 50.9 Å². The first-order chi connectivity index (χ1) is 13.6. The molecule has 1 aliphatic rings. The fourth-order valence-electron chi connectivity index (χ4n) is 2.78. The van der Waals surface area contributed by atoms with Gasteiger partial charge in [-0.05, 0) is 43.3 Å². The number of hydrogen-bond donors (Lipinski definition) is 1. The highest BCUT2D eigenvalue weighted by Crippen LogP contribution is 2.19. The minimum Gasteiger partial charge on any atom is -0.479 e. The Bertz CT molecular complexity index is 773. The van der Waals surface area contributed by atoms with Gasteiger partial charge in [-0.25, -0.2) is 4.79 Å². The number of morpholine rings is 1. The maximum atomic E-state index is 12.0. The molecule has 1 aliphatic heterocycles. The third-order valence-electron chi connectivity index (χ3n) is 4.26. The van der Waals surface area contributed by atoms with Crippen molar-refractivity contribution in [1.82, 2.24) is 0 Å². The Kier molecular flexibility index (Phi) is 6.86. The van der Waals surface area contributed by atoms with E-state index in [1.54, 1.807) is 19.1 Å². The van der Waals surface area contributed by atoms with Gasteiger partial charge >= 0.3 is 5.97 Å². The molecule has 0 spiro atoms. The van der Waals surface area contributed by atoms with Crippen LogP contribution in [0, 0.1) is 0 Å². The van der Waals surface area contributed by atoms with Crippen LogP contribution in [0.5, 0.6) is 5.75 Å².